The van der Waals surface area contributed by atoms with Gasteiger partial charge in [-0.25, -0.2) is 0 Å². The first-order chi connectivity index (χ1) is 14.0. The van der Waals surface area contributed by atoms with Crippen molar-refractivity contribution >= 4 is 0 Å². The zero-order valence-electron chi connectivity index (χ0n) is 16.6. The SMILES string of the molecule is Cc1ccc(C(c2ccc(C)cc2)c2cc(O)c(-c3ccccc3)cc2O)cc1. The topological polar surface area (TPSA) is 40.5 Å². The van der Waals surface area contributed by atoms with Crippen LogP contribution >= 0.6 is 0 Å². The van der Waals surface area contributed by atoms with Gasteiger partial charge in [-0.05, 0) is 42.7 Å². The number of phenolic OH excluding ortho intramolecular Hbond substituents is 2. The average Bonchev–Trinajstić information content (AvgIpc) is 2.74. The summed E-state index contributed by atoms with van der Waals surface area (Å²) >= 11 is 0. The molecule has 0 aliphatic carbocycles. The van der Waals surface area contributed by atoms with Gasteiger partial charge in [-0.1, -0.05) is 90.0 Å². The second-order valence-electron chi connectivity index (χ2n) is 7.55. The van der Waals surface area contributed by atoms with Gasteiger partial charge in [-0.3, -0.25) is 0 Å². The first kappa shape index (κ1) is 18.8. The van der Waals surface area contributed by atoms with Gasteiger partial charge in [-0.2, -0.15) is 0 Å². The molecule has 0 fully saturated rings. The van der Waals surface area contributed by atoms with Crippen LogP contribution in [0.5, 0.6) is 11.5 Å². The van der Waals surface area contributed by atoms with Crippen LogP contribution in [0.2, 0.25) is 0 Å². The molecular weight excluding hydrogens is 356 g/mol. The summed E-state index contributed by atoms with van der Waals surface area (Å²) < 4.78 is 0. The molecule has 0 heterocycles. The van der Waals surface area contributed by atoms with E-state index in [9.17, 15) is 10.2 Å². The van der Waals surface area contributed by atoms with Gasteiger partial charge >= 0.3 is 0 Å². The molecule has 0 radical (unpaired) electrons. The molecule has 2 heteroatoms. The Balaban J connectivity index is 1.87. The van der Waals surface area contributed by atoms with E-state index in [0.717, 1.165) is 16.7 Å². The molecule has 4 aromatic rings. The van der Waals surface area contributed by atoms with Gasteiger partial charge in [0.05, 0.1) is 0 Å². The maximum atomic E-state index is 11.0. The monoisotopic (exact) mass is 380 g/mol. The minimum Gasteiger partial charge on any atom is -0.508 e. The molecule has 0 spiro atoms. The van der Waals surface area contributed by atoms with Crippen LogP contribution in [0, 0.1) is 13.8 Å². The second kappa shape index (κ2) is 7.84. The van der Waals surface area contributed by atoms with Crippen LogP contribution in [0.4, 0.5) is 0 Å². The van der Waals surface area contributed by atoms with Gasteiger partial charge in [0.2, 0.25) is 0 Å². The third-order valence-corrected chi connectivity index (χ3v) is 5.36. The van der Waals surface area contributed by atoms with E-state index in [4.69, 9.17) is 0 Å². The van der Waals surface area contributed by atoms with Gasteiger partial charge in [0.25, 0.3) is 0 Å². The Bertz CT molecular complexity index is 1070. The van der Waals surface area contributed by atoms with Crippen molar-refractivity contribution in [3.05, 3.63) is 119 Å². The van der Waals surface area contributed by atoms with Crippen LogP contribution in [-0.4, -0.2) is 10.2 Å². The summed E-state index contributed by atoms with van der Waals surface area (Å²) in [6.45, 7) is 4.12. The molecule has 29 heavy (non-hydrogen) atoms. The van der Waals surface area contributed by atoms with Crippen molar-refractivity contribution in [3.63, 3.8) is 0 Å². The summed E-state index contributed by atoms with van der Waals surface area (Å²) in [5.74, 6) is 0.160. The Kier molecular flexibility index (Phi) is 5.09. The summed E-state index contributed by atoms with van der Waals surface area (Å²) in [5, 5.41) is 21.8. The highest BCUT2D eigenvalue weighted by Gasteiger charge is 2.22. The molecule has 0 unspecified atom stereocenters. The Morgan fingerprint density at radius 1 is 0.586 bits per heavy atom. The fourth-order valence-electron chi connectivity index (χ4n) is 3.74. The van der Waals surface area contributed by atoms with Crippen molar-refractivity contribution in [2.75, 3.05) is 0 Å². The average molecular weight is 380 g/mol. The van der Waals surface area contributed by atoms with Crippen molar-refractivity contribution in [1.29, 1.82) is 0 Å². The number of aromatic hydroxyl groups is 2. The maximum absolute atomic E-state index is 11.0. The highest BCUT2D eigenvalue weighted by Crippen LogP contribution is 2.42. The van der Waals surface area contributed by atoms with Crippen LogP contribution < -0.4 is 0 Å². The number of rotatable bonds is 4. The molecule has 2 nitrogen and oxygen atoms in total. The Morgan fingerprint density at radius 3 is 1.62 bits per heavy atom. The fourth-order valence-corrected chi connectivity index (χ4v) is 3.74. The summed E-state index contributed by atoms with van der Waals surface area (Å²) in [5.41, 5.74) is 6.69. The lowest BCUT2D eigenvalue weighted by atomic mass is 9.83. The highest BCUT2D eigenvalue weighted by molar-refractivity contribution is 5.73. The number of phenols is 2. The minimum atomic E-state index is -0.174. The van der Waals surface area contributed by atoms with Crippen molar-refractivity contribution < 1.29 is 10.2 Å². The first-order valence-electron chi connectivity index (χ1n) is 9.77. The largest absolute Gasteiger partial charge is 0.508 e. The van der Waals surface area contributed by atoms with Crippen LogP contribution in [0.3, 0.4) is 0 Å². The molecule has 0 atom stereocenters. The van der Waals surface area contributed by atoms with E-state index in [2.05, 4.69) is 62.4 Å². The van der Waals surface area contributed by atoms with E-state index in [0.29, 0.717) is 11.1 Å². The second-order valence-corrected chi connectivity index (χ2v) is 7.55. The Labute approximate surface area is 171 Å². The fraction of sp³-hybridized carbons (Fsp3) is 0.111. The number of hydrogen-bond donors (Lipinski definition) is 2. The predicted octanol–water partition coefficient (Wildman–Crippen LogP) is 6.56. The summed E-state index contributed by atoms with van der Waals surface area (Å²) in [6, 6.07) is 29.6. The molecule has 0 amide bonds. The molecule has 4 aromatic carbocycles. The van der Waals surface area contributed by atoms with Crippen LogP contribution in [0.1, 0.15) is 33.7 Å². The van der Waals surface area contributed by atoms with Crippen molar-refractivity contribution in [2.45, 2.75) is 19.8 Å². The minimum absolute atomic E-state index is 0.160. The van der Waals surface area contributed by atoms with E-state index in [1.807, 2.05) is 30.3 Å². The standard InChI is InChI=1S/C27H24O2/c1-18-8-12-21(13-9-18)27(22-14-10-19(2)11-15-22)24-17-25(28)23(16-26(24)29)20-6-4-3-5-7-20/h3-17,27-29H,1-2H3. The Hall–Kier alpha value is -3.52. The van der Waals surface area contributed by atoms with Crippen LogP contribution in [0.25, 0.3) is 11.1 Å². The van der Waals surface area contributed by atoms with E-state index in [-0.39, 0.29) is 17.4 Å². The molecule has 144 valence electrons. The molecule has 0 saturated heterocycles. The van der Waals surface area contributed by atoms with Crippen molar-refractivity contribution in [1.82, 2.24) is 0 Å². The zero-order chi connectivity index (χ0) is 20.4. The van der Waals surface area contributed by atoms with Crippen LogP contribution in [0.15, 0.2) is 91.0 Å². The molecule has 2 N–H and O–H groups in total. The summed E-state index contributed by atoms with van der Waals surface area (Å²) in [6.07, 6.45) is 0. The Morgan fingerprint density at radius 2 is 1.10 bits per heavy atom. The lowest BCUT2D eigenvalue weighted by Gasteiger charge is -2.21. The van der Waals surface area contributed by atoms with E-state index in [1.54, 1.807) is 12.1 Å². The number of benzene rings is 4. The molecule has 0 aliphatic rings. The maximum Gasteiger partial charge on any atom is 0.123 e. The molecular formula is C27H24O2. The van der Waals surface area contributed by atoms with Gasteiger partial charge in [-0.15, -0.1) is 0 Å². The van der Waals surface area contributed by atoms with Gasteiger partial charge in [0.1, 0.15) is 11.5 Å². The first-order valence-corrected chi connectivity index (χ1v) is 9.77. The van der Waals surface area contributed by atoms with Gasteiger partial charge in [0, 0.05) is 17.0 Å². The van der Waals surface area contributed by atoms with Crippen LogP contribution in [-0.2, 0) is 0 Å². The quantitative estimate of drug-likeness (QED) is 0.311. The molecule has 4 rings (SSSR count). The molecule has 0 aliphatic heterocycles. The van der Waals surface area contributed by atoms with E-state index in [1.165, 1.54) is 11.1 Å². The predicted molar refractivity (Wildman–Crippen MR) is 119 cm³/mol. The zero-order valence-corrected chi connectivity index (χ0v) is 16.6. The van der Waals surface area contributed by atoms with E-state index < -0.39 is 0 Å². The highest BCUT2D eigenvalue weighted by atomic mass is 16.3. The lowest BCUT2D eigenvalue weighted by Crippen LogP contribution is -2.04. The summed E-state index contributed by atoms with van der Waals surface area (Å²) in [4.78, 5) is 0. The molecule has 0 saturated carbocycles. The molecule has 0 bridgehead atoms. The third-order valence-electron chi connectivity index (χ3n) is 5.36. The van der Waals surface area contributed by atoms with Crippen molar-refractivity contribution in [3.8, 4) is 22.6 Å². The third kappa shape index (κ3) is 3.88. The number of hydrogen-bond acceptors (Lipinski definition) is 2. The molecule has 0 aromatic heterocycles. The lowest BCUT2D eigenvalue weighted by molar-refractivity contribution is 0.455. The van der Waals surface area contributed by atoms with Gasteiger partial charge in [0.15, 0.2) is 0 Å². The smallest absolute Gasteiger partial charge is 0.123 e. The van der Waals surface area contributed by atoms with Crippen molar-refractivity contribution in [2.24, 2.45) is 0 Å². The van der Waals surface area contributed by atoms with Gasteiger partial charge < -0.3 is 10.2 Å². The summed E-state index contributed by atoms with van der Waals surface area (Å²) in [7, 11) is 0. The number of aryl methyl sites for hydroxylation is 2. The normalized spacial score (nSPS) is 11.0. The van der Waals surface area contributed by atoms with E-state index >= 15 is 0 Å².